The molecular formula is C11H17NO2S. The fourth-order valence-electron chi connectivity index (χ4n) is 1.27. The van der Waals surface area contributed by atoms with Crippen LogP contribution in [0.4, 0.5) is 0 Å². The molecule has 0 aromatic carbocycles. The molecule has 0 spiro atoms. The summed E-state index contributed by atoms with van der Waals surface area (Å²) >= 11 is 1.64. The molecule has 0 aliphatic rings. The van der Waals surface area contributed by atoms with Gasteiger partial charge in [0.2, 0.25) is 0 Å². The molecule has 1 aromatic heterocycles. The number of hydrogen-bond acceptors (Lipinski definition) is 4. The number of carbonyl (C=O) groups is 1. The maximum atomic E-state index is 11.1. The fraction of sp³-hybridized carbons (Fsp3) is 0.636. The summed E-state index contributed by atoms with van der Waals surface area (Å²) in [4.78, 5) is 16.5. The van der Waals surface area contributed by atoms with Crippen LogP contribution in [0.1, 0.15) is 30.3 Å². The lowest BCUT2D eigenvalue weighted by atomic mass is 10.2. The summed E-state index contributed by atoms with van der Waals surface area (Å²) in [5.74, 6) is 0.193. The third kappa shape index (κ3) is 4.53. The van der Waals surface area contributed by atoms with Crippen molar-refractivity contribution in [2.24, 2.45) is 0 Å². The van der Waals surface area contributed by atoms with E-state index in [1.807, 2.05) is 19.4 Å². The van der Waals surface area contributed by atoms with Crippen molar-refractivity contribution in [3.05, 3.63) is 16.1 Å². The van der Waals surface area contributed by atoms with Gasteiger partial charge in [-0.05, 0) is 13.3 Å². The molecule has 84 valence electrons. The molecule has 4 heteroatoms. The molecule has 0 amide bonds. The summed E-state index contributed by atoms with van der Waals surface area (Å²) in [7, 11) is 0. The lowest BCUT2D eigenvalue weighted by molar-refractivity contribution is -0.123. The standard InChI is InChI=1S/C11H17NO2S/c1-3-4-10(13)7-14-6-5-11-9(2)12-8-15-11/h8H,3-7H2,1-2H3. The van der Waals surface area contributed by atoms with Crippen molar-refractivity contribution in [1.29, 1.82) is 0 Å². The summed E-state index contributed by atoms with van der Waals surface area (Å²) in [5, 5.41) is 0. The number of aryl methyl sites for hydroxylation is 1. The molecule has 0 radical (unpaired) electrons. The SMILES string of the molecule is CCCC(=O)COCCc1scnc1C. The molecule has 15 heavy (non-hydrogen) atoms. The van der Waals surface area contributed by atoms with Crippen LogP contribution in [0.5, 0.6) is 0 Å². The maximum Gasteiger partial charge on any atom is 0.158 e. The average Bonchev–Trinajstić information content (AvgIpc) is 2.60. The molecule has 0 aliphatic carbocycles. The van der Waals surface area contributed by atoms with Crippen molar-refractivity contribution in [2.75, 3.05) is 13.2 Å². The highest BCUT2D eigenvalue weighted by atomic mass is 32.1. The van der Waals surface area contributed by atoms with E-state index >= 15 is 0 Å². The predicted molar refractivity (Wildman–Crippen MR) is 61.3 cm³/mol. The molecule has 0 aliphatic heterocycles. The van der Waals surface area contributed by atoms with Gasteiger partial charge in [-0.3, -0.25) is 4.79 Å². The zero-order valence-electron chi connectivity index (χ0n) is 9.28. The summed E-state index contributed by atoms with van der Waals surface area (Å²) in [6.45, 7) is 4.86. The third-order valence-electron chi connectivity index (χ3n) is 2.11. The zero-order chi connectivity index (χ0) is 11.1. The quantitative estimate of drug-likeness (QED) is 0.671. The van der Waals surface area contributed by atoms with Gasteiger partial charge in [-0.25, -0.2) is 4.98 Å². The van der Waals surface area contributed by atoms with E-state index < -0.39 is 0 Å². The van der Waals surface area contributed by atoms with Gasteiger partial charge in [0.1, 0.15) is 6.61 Å². The van der Waals surface area contributed by atoms with Crippen molar-refractivity contribution >= 4 is 17.1 Å². The number of aromatic nitrogens is 1. The smallest absolute Gasteiger partial charge is 0.158 e. The highest BCUT2D eigenvalue weighted by molar-refractivity contribution is 7.09. The molecule has 0 fully saturated rings. The Bertz CT molecular complexity index is 309. The minimum Gasteiger partial charge on any atom is -0.373 e. The summed E-state index contributed by atoms with van der Waals surface area (Å²) in [6, 6.07) is 0. The van der Waals surface area contributed by atoms with Crippen LogP contribution >= 0.6 is 11.3 Å². The van der Waals surface area contributed by atoms with E-state index in [0.29, 0.717) is 13.0 Å². The second-order valence-electron chi connectivity index (χ2n) is 3.45. The predicted octanol–water partition coefficient (Wildman–Crippen LogP) is 2.38. The molecule has 1 rings (SSSR count). The van der Waals surface area contributed by atoms with Gasteiger partial charge >= 0.3 is 0 Å². The van der Waals surface area contributed by atoms with E-state index in [9.17, 15) is 4.79 Å². The molecule has 0 N–H and O–H groups in total. The summed E-state index contributed by atoms with van der Waals surface area (Å²) in [5.41, 5.74) is 2.91. The Kier molecular flexibility index (Phi) is 5.50. The number of rotatable bonds is 7. The molecule has 3 nitrogen and oxygen atoms in total. The first-order chi connectivity index (χ1) is 7.24. The van der Waals surface area contributed by atoms with Crippen LogP contribution in [0.2, 0.25) is 0 Å². The van der Waals surface area contributed by atoms with Crippen LogP contribution in [0.3, 0.4) is 0 Å². The number of Topliss-reactive ketones (excluding diaryl/α,β-unsaturated/α-hetero) is 1. The number of hydrogen-bond donors (Lipinski definition) is 0. The molecule has 0 saturated carbocycles. The van der Waals surface area contributed by atoms with Crippen molar-refractivity contribution in [2.45, 2.75) is 33.1 Å². The van der Waals surface area contributed by atoms with Crippen LogP contribution in [-0.4, -0.2) is 24.0 Å². The molecule has 1 heterocycles. The van der Waals surface area contributed by atoms with Gasteiger partial charge in [0, 0.05) is 17.7 Å². The van der Waals surface area contributed by atoms with Crippen LogP contribution in [0, 0.1) is 6.92 Å². The lowest BCUT2D eigenvalue weighted by Gasteiger charge is -2.02. The van der Waals surface area contributed by atoms with Crippen molar-refractivity contribution in [1.82, 2.24) is 4.98 Å². The monoisotopic (exact) mass is 227 g/mol. The van der Waals surface area contributed by atoms with Gasteiger partial charge in [0.15, 0.2) is 5.78 Å². The van der Waals surface area contributed by atoms with E-state index in [1.165, 1.54) is 4.88 Å². The summed E-state index contributed by atoms with van der Waals surface area (Å²) < 4.78 is 5.31. The Morgan fingerprint density at radius 2 is 2.40 bits per heavy atom. The molecule has 0 unspecified atom stereocenters. The molecule has 0 saturated heterocycles. The van der Waals surface area contributed by atoms with E-state index in [1.54, 1.807) is 11.3 Å². The van der Waals surface area contributed by atoms with Crippen LogP contribution < -0.4 is 0 Å². The molecular weight excluding hydrogens is 210 g/mol. The Morgan fingerprint density at radius 1 is 1.60 bits per heavy atom. The first kappa shape index (κ1) is 12.3. The summed E-state index contributed by atoms with van der Waals surface area (Å²) in [6.07, 6.45) is 2.38. The number of carbonyl (C=O) groups excluding carboxylic acids is 1. The average molecular weight is 227 g/mol. The van der Waals surface area contributed by atoms with Gasteiger partial charge in [0.25, 0.3) is 0 Å². The first-order valence-electron chi connectivity index (χ1n) is 5.22. The van der Waals surface area contributed by atoms with Crippen molar-refractivity contribution in [3.63, 3.8) is 0 Å². The number of ketones is 1. The van der Waals surface area contributed by atoms with E-state index in [-0.39, 0.29) is 12.4 Å². The highest BCUT2D eigenvalue weighted by Gasteiger charge is 2.03. The van der Waals surface area contributed by atoms with Gasteiger partial charge in [-0.15, -0.1) is 11.3 Å². The second-order valence-corrected chi connectivity index (χ2v) is 4.39. The van der Waals surface area contributed by atoms with Crippen molar-refractivity contribution in [3.8, 4) is 0 Å². The minimum absolute atomic E-state index is 0.193. The normalized spacial score (nSPS) is 10.5. The maximum absolute atomic E-state index is 11.1. The Morgan fingerprint density at radius 3 is 3.00 bits per heavy atom. The van der Waals surface area contributed by atoms with Crippen LogP contribution in [-0.2, 0) is 16.0 Å². The molecule has 0 atom stereocenters. The zero-order valence-corrected chi connectivity index (χ0v) is 10.1. The molecule has 0 bridgehead atoms. The van der Waals surface area contributed by atoms with Crippen LogP contribution in [0.15, 0.2) is 5.51 Å². The minimum atomic E-state index is 0.193. The van der Waals surface area contributed by atoms with Gasteiger partial charge in [-0.1, -0.05) is 6.92 Å². The highest BCUT2D eigenvalue weighted by Crippen LogP contribution is 2.12. The van der Waals surface area contributed by atoms with E-state index in [0.717, 1.165) is 18.5 Å². The van der Waals surface area contributed by atoms with Gasteiger partial charge in [0.05, 0.1) is 17.8 Å². The fourth-order valence-corrected chi connectivity index (χ4v) is 2.03. The Balaban J connectivity index is 2.12. The topological polar surface area (TPSA) is 39.2 Å². The third-order valence-corrected chi connectivity index (χ3v) is 3.11. The second kappa shape index (κ2) is 6.69. The number of thiazole rings is 1. The van der Waals surface area contributed by atoms with Crippen molar-refractivity contribution < 1.29 is 9.53 Å². The number of ether oxygens (including phenoxy) is 1. The molecule has 1 aromatic rings. The first-order valence-corrected chi connectivity index (χ1v) is 6.10. The lowest BCUT2D eigenvalue weighted by Crippen LogP contribution is -2.09. The van der Waals surface area contributed by atoms with Gasteiger partial charge in [-0.2, -0.15) is 0 Å². The van der Waals surface area contributed by atoms with Crippen LogP contribution in [0.25, 0.3) is 0 Å². The number of nitrogens with zero attached hydrogens (tertiary/aromatic N) is 1. The Labute approximate surface area is 94.5 Å². The van der Waals surface area contributed by atoms with Gasteiger partial charge < -0.3 is 4.74 Å². The van der Waals surface area contributed by atoms with E-state index in [2.05, 4.69) is 4.98 Å². The Hall–Kier alpha value is -0.740. The van der Waals surface area contributed by atoms with E-state index in [4.69, 9.17) is 4.74 Å². The largest absolute Gasteiger partial charge is 0.373 e.